The molecule has 0 aliphatic heterocycles. The predicted molar refractivity (Wildman–Crippen MR) is 77.2 cm³/mol. The fourth-order valence-corrected chi connectivity index (χ4v) is 1.92. The molecule has 4 nitrogen and oxygen atoms in total. The highest BCUT2D eigenvalue weighted by atomic mass is 32.2. The van der Waals surface area contributed by atoms with Gasteiger partial charge in [-0.3, -0.25) is 0 Å². The van der Waals surface area contributed by atoms with E-state index in [-0.39, 0.29) is 6.61 Å². The lowest BCUT2D eigenvalue weighted by Crippen LogP contribution is -2.24. The molecule has 18 heavy (non-hydrogen) atoms. The second-order valence-electron chi connectivity index (χ2n) is 3.66. The van der Waals surface area contributed by atoms with E-state index >= 15 is 0 Å². The summed E-state index contributed by atoms with van der Waals surface area (Å²) in [5, 5.41) is 9.72. The monoisotopic (exact) mass is 265 g/mol. The largest absolute Gasteiger partial charge is 0.396 e. The van der Waals surface area contributed by atoms with Gasteiger partial charge in [0.1, 0.15) is 5.82 Å². The Morgan fingerprint density at radius 2 is 2.00 bits per heavy atom. The first kappa shape index (κ1) is 14.7. The Bertz CT molecular complexity index is 399. The van der Waals surface area contributed by atoms with Gasteiger partial charge in [0.15, 0.2) is 5.16 Å². The maximum Gasteiger partial charge on any atom is 0.189 e. The Labute approximate surface area is 112 Å². The summed E-state index contributed by atoms with van der Waals surface area (Å²) in [6.45, 7) is 8.99. The molecular weight excluding hydrogens is 246 g/mol. The Hall–Kier alpha value is -1.33. The van der Waals surface area contributed by atoms with Crippen LogP contribution in [0.2, 0.25) is 0 Å². The van der Waals surface area contributed by atoms with Gasteiger partial charge in [-0.15, -0.1) is 13.2 Å². The lowest BCUT2D eigenvalue weighted by molar-refractivity contribution is 0.298. The molecule has 0 bridgehead atoms. The zero-order chi connectivity index (χ0) is 13.4. The van der Waals surface area contributed by atoms with Crippen molar-refractivity contribution in [3.8, 4) is 0 Å². The standard InChI is InChI=1S/C13H19N3OS/c1-4-7-16(8-5-2)12-10-11(6-9-17)14-13(15-12)18-3/h4-5,10,17H,1-2,6-9H2,3H3. The maximum atomic E-state index is 9.01. The normalized spacial score (nSPS) is 10.1. The molecule has 1 aromatic rings. The van der Waals surface area contributed by atoms with Gasteiger partial charge >= 0.3 is 0 Å². The van der Waals surface area contributed by atoms with E-state index in [0.29, 0.717) is 24.7 Å². The summed E-state index contributed by atoms with van der Waals surface area (Å²) in [4.78, 5) is 10.9. The first-order chi connectivity index (χ1) is 8.74. The summed E-state index contributed by atoms with van der Waals surface area (Å²) in [7, 11) is 0. The van der Waals surface area contributed by atoms with E-state index in [1.54, 1.807) is 0 Å². The van der Waals surface area contributed by atoms with Gasteiger partial charge in [-0.2, -0.15) is 0 Å². The lowest BCUT2D eigenvalue weighted by Gasteiger charge is -2.21. The molecule has 0 saturated heterocycles. The van der Waals surface area contributed by atoms with Crippen LogP contribution in [0.25, 0.3) is 0 Å². The Kier molecular flexibility index (Phi) is 6.46. The molecule has 0 amide bonds. The Morgan fingerprint density at radius 3 is 2.50 bits per heavy atom. The number of anilines is 1. The minimum Gasteiger partial charge on any atom is -0.396 e. The Balaban J connectivity index is 3.06. The summed E-state index contributed by atoms with van der Waals surface area (Å²) in [6, 6.07) is 1.91. The highest BCUT2D eigenvalue weighted by molar-refractivity contribution is 7.98. The van der Waals surface area contributed by atoms with Gasteiger partial charge in [-0.05, 0) is 6.26 Å². The van der Waals surface area contributed by atoms with E-state index in [0.717, 1.165) is 11.5 Å². The third kappa shape index (κ3) is 4.16. The highest BCUT2D eigenvalue weighted by Crippen LogP contribution is 2.18. The molecule has 0 saturated carbocycles. The molecule has 0 atom stereocenters. The van der Waals surface area contributed by atoms with Crippen LogP contribution in [0.15, 0.2) is 36.5 Å². The number of aliphatic hydroxyl groups excluding tert-OH is 1. The number of aliphatic hydroxyl groups is 1. The van der Waals surface area contributed by atoms with Crippen molar-refractivity contribution in [2.45, 2.75) is 11.6 Å². The quantitative estimate of drug-likeness (QED) is 0.442. The van der Waals surface area contributed by atoms with Crippen LogP contribution in [0.4, 0.5) is 5.82 Å². The van der Waals surface area contributed by atoms with Crippen LogP contribution in [-0.4, -0.2) is 41.0 Å². The van der Waals surface area contributed by atoms with Crippen molar-refractivity contribution in [2.24, 2.45) is 0 Å². The van der Waals surface area contributed by atoms with Gasteiger partial charge in [0, 0.05) is 37.9 Å². The Morgan fingerprint density at radius 1 is 1.33 bits per heavy atom. The van der Waals surface area contributed by atoms with Gasteiger partial charge in [0.2, 0.25) is 0 Å². The zero-order valence-corrected chi connectivity index (χ0v) is 11.5. The van der Waals surface area contributed by atoms with Crippen LogP contribution in [0, 0.1) is 0 Å². The van der Waals surface area contributed by atoms with E-state index in [1.807, 2.05) is 24.5 Å². The third-order valence-electron chi connectivity index (χ3n) is 2.32. The zero-order valence-electron chi connectivity index (χ0n) is 10.7. The molecule has 1 N–H and O–H groups in total. The van der Waals surface area contributed by atoms with Crippen molar-refractivity contribution >= 4 is 17.6 Å². The van der Waals surface area contributed by atoms with Crippen molar-refractivity contribution in [3.63, 3.8) is 0 Å². The van der Waals surface area contributed by atoms with Crippen LogP contribution in [-0.2, 0) is 6.42 Å². The van der Waals surface area contributed by atoms with E-state index in [9.17, 15) is 0 Å². The van der Waals surface area contributed by atoms with Crippen molar-refractivity contribution in [1.29, 1.82) is 0 Å². The van der Waals surface area contributed by atoms with Crippen LogP contribution in [0.1, 0.15) is 5.69 Å². The topological polar surface area (TPSA) is 49.2 Å². The summed E-state index contributed by atoms with van der Waals surface area (Å²) < 4.78 is 0. The molecular formula is C13H19N3OS. The number of thioether (sulfide) groups is 1. The number of hydrogen-bond donors (Lipinski definition) is 1. The van der Waals surface area contributed by atoms with Crippen molar-refractivity contribution in [1.82, 2.24) is 9.97 Å². The SMILES string of the molecule is C=CCN(CC=C)c1cc(CCO)nc(SC)n1. The van der Waals surface area contributed by atoms with Crippen LogP contribution < -0.4 is 4.90 Å². The minimum absolute atomic E-state index is 0.0905. The van der Waals surface area contributed by atoms with Crippen molar-refractivity contribution < 1.29 is 5.11 Å². The van der Waals surface area contributed by atoms with Gasteiger partial charge in [0.05, 0.1) is 0 Å². The van der Waals surface area contributed by atoms with E-state index < -0.39 is 0 Å². The number of rotatable bonds is 8. The maximum absolute atomic E-state index is 9.01. The molecule has 0 fully saturated rings. The summed E-state index contributed by atoms with van der Waals surface area (Å²) in [6.07, 6.45) is 6.14. The van der Waals surface area contributed by atoms with Crippen molar-refractivity contribution in [2.75, 3.05) is 30.9 Å². The first-order valence-electron chi connectivity index (χ1n) is 5.74. The second-order valence-corrected chi connectivity index (χ2v) is 4.43. The van der Waals surface area contributed by atoms with E-state index in [1.165, 1.54) is 11.8 Å². The molecule has 0 aliphatic rings. The van der Waals surface area contributed by atoms with E-state index in [4.69, 9.17) is 5.11 Å². The smallest absolute Gasteiger partial charge is 0.189 e. The molecule has 0 spiro atoms. The minimum atomic E-state index is 0.0905. The number of nitrogens with zero attached hydrogens (tertiary/aromatic N) is 3. The van der Waals surface area contributed by atoms with Gasteiger partial charge in [-0.25, -0.2) is 9.97 Å². The molecule has 1 heterocycles. The highest BCUT2D eigenvalue weighted by Gasteiger charge is 2.09. The molecule has 0 radical (unpaired) electrons. The van der Waals surface area contributed by atoms with Gasteiger partial charge < -0.3 is 10.0 Å². The van der Waals surface area contributed by atoms with E-state index in [2.05, 4.69) is 28.0 Å². The first-order valence-corrected chi connectivity index (χ1v) is 6.97. The lowest BCUT2D eigenvalue weighted by atomic mass is 10.3. The predicted octanol–water partition coefficient (Wildman–Crippen LogP) is 1.91. The third-order valence-corrected chi connectivity index (χ3v) is 2.87. The molecule has 98 valence electrons. The number of hydrogen-bond acceptors (Lipinski definition) is 5. The van der Waals surface area contributed by atoms with Gasteiger partial charge in [0.25, 0.3) is 0 Å². The fourth-order valence-electron chi connectivity index (χ4n) is 1.53. The summed E-state index contributed by atoms with van der Waals surface area (Å²) in [5.74, 6) is 0.845. The fraction of sp³-hybridized carbons (Fsp3) is 0.385. The van der Waals surface area contributed by atoms with Crippen LogP contribution >= 0.6 is 11.8 Å². The van der Waals surface area contributed by atoms with Crippen LogP contribution in [0.3, 0.4) is 0 Å². The molecule has 0 aromatic carbocycles. The summed E-state index contributed by atoms with van der Waals surface area (Å²) >= 11 is 1.49. The molecule has 1 aromatic heterocycles. The molecule has 1 rings (SSSR count). The summed E-state index contributed by atoms with van der Waals surface area (Å²) in [5.41, 5.74) is 0.852. The second kappa shape index (κ2) is 7.89. The average molecular weight is 265 g/mol. The van der Waals surface area contributed by atoms with Crippen molar-refractivity contribution in [3.05, 3.63) is 37.1 Å². The molecule has 5 heteroatoms. The van der Waals surface area contributed by atoms with Crippen LogP contribution in [0.5, 0.6) is 0 Å². The van der Waals surface area contributed by atoms with Gasteiger partial charge in [-0.1, -0.05) is 23.9 Å². The average Bonchev–Trinajstić information content (AvgIpc) is 2.38. The molecule has 0 aliphatic carbocycles. The number of aromatic nitrogens is 2. The molecule has 0 unspecified atom stereocenters.